The van der Waals surface area contributed by atoms with Crippen LogP contribution in [-0.2, 0) is 0 Å². The lowest BCUT2D eigenvalue weighted by atomic mass is 10.1. The summed E-state index contributed by atoms with van der Waals surface area (Å²) in [6.07, 6.45) is 0. The molecule has 88 valence electrons. The number of hydrogen-bond donors (Lipinski definition) is 1. The van der Waals surface area contributed by atoms with Crippen molar-refractivity contribution in [3.05, 3.63) is 47.5 Å². The molecule has 1 nitrogen and oxygen atoms in total. The van der Waals surface area contributed by atoms with Gasteiger partial charge in [0, 0.05) is 7.11 Å². The summed E-state index contributed by atoms with van der Waals surface area (Å²) in [5.41, 5.74) is 2.65. The number of rotatable bonds is 0. The maximum absolute atomic E-state index is 7.00. The van der Waals surface area contributed by atoms with Gasteiger partial charge in [-0.25, -0.2) is 0 Å². The number of aliphatic hydroxyl groups is 1. The summed E-state index contributed by atoms with van der Waals surface area (Å²) in [7, 11) is 1.00. The molecule has 0 radical (unpaired) electrons. The van der Waals surface area contributed by atoms with Crippen molar-refractivity contribution in [1.29, 1.82) is 0 Å². The van der Waals surface area contributed by atoms with Crippen LogP contribution in [0.5, 0.6) is 0 Å². The molecule has 0 atom stereocenters. The third-order valence-electron chi connectivity index (χ3n) is 2.15. The second kappa shape index (κ2) is 7.89. The van der Waals surface area contributed by atoms with Crippen LogP contribution in [0.15, 0.2) is 36.4 Å². The highest BCUT2D eigenvalue weighted by Crippen LogP contribution is 2.16. The second-order valence-corrected chi connectivity index (χ2v) is 3.35. The number of benzene rings is 2. The zero-order chi connectivity index (χ0) is 12.6. The molecule has 0 aliphatic carbocycles. The van der Waals surface area contributed by atoms with Gasteiger partial charge < -0.3 is 5.11 Å². The fourth-order valence-corrected chi connectivity index (χ4v) is 1.48. The van der Waals surface area contributed by atoms with Crippen LogP contribution >= 0.6 is 0 Å². The Morgan fingerprint density at radius 3 is 1.31 bits per heavy atom. The Morgan fingerprint density at radius 2 is 1.00 bits per heavy atom. The molecule has 0 fully saturated rings. The third-order valence-corrected chi connectivity index (χ3v) is 2.15. The molecule has 1 N–H and O–H groups in total. The highest BCUT2D eigenvalue weighted by molar-refractivity contribution is 5.83. The van der Waals surface area contributed by atoms with Gasteiger partial charge in [0.15, 0.2) is 0 Å². The second-order valence-electron chi connectivity index (χ2n) is 3.35. The molecule has 0 aliphatic heterocycles. The summed E-state index contributed by atoms with van der Waals surface area (Å²) in [6, 6.07) is 13.1. The van der Waals surface area contributed by atoms with Crippen LogP contribution < -0.4 is 0 Å². The van der Waals surface area contributed by atoms with Gasteiger partial charge in [-0.1, -0.05) is 61.4 Å². The minimum atomic E-state index is 1.00. The Labute approximate surface area is 98.7 Å². The fourth-order valence-electron chi connectivity index (χ4n) is 1.48. The molecule has 0 saturated carbocycles. The minimum absolute atomic E-state index is 1.00. The maximum Gasteiger partial charge on any atom is 0.0319 e. The first-order valence-corrected chi connectivity index (χ1v) is 5.67. The summed E-state index contributed by atoms with van der Waals surface area (Å²) in [6.45, 7) is 8.25. The molecule has 1 heteroatoms. The van der Waals surface area contributed by atoms with Gasteiger partial charge in [0.05, 0.1) is 0 Å². The summed E-state index contributed by atoms with van der Waals surface area (Å²) >= 11 is 0. The van der Waals surface area contributed by atoms with Crippen molar-refractivity contribution in [1.82, 2.24) is 0 Å². The highest BCUT2D eigenvalue weighted by atomic mass is 16.2. The van der Waals surface area contributed by atoms with Gasteiger partial charge in [-0.05, 0) is 24.6 Å². The molecule has 2 rings (SSSR count). The SMILES string of the molecule is CC.CO.Cc1ccc2cc(C)ccc2c1. The van der Waals surface area contributed by atoms with Crippen molar-refractivity contribution in [3.63, 3.8) is 0 Å². The van der Waals surface area contributed by atoms with Gasteiger partial charge in [-0.3, -0.25) is 0 Å². The molecule has 0 amide bonds. The van der Waals surface area contributed by atoms with Crippen molar-refractivity contribution in [2.24, 2.45) is 0 Å². The Bertz CT molecular complexity index is 377. The van der Waals surface area contributed by atoms with E-state index in [0.717, 1.165) is 7.11 Å². The fraction of sp³-hybridized carbons (Fsp3) is 0.333. The average molecular weight is 218 g/mol. The van der Waals surface area contributed by atoms with Crippen molar-refractivity contribution >= 4 is 10.8 Å². The average Bonchev–Trinajstić information content (AvgIpc) is 2.35. The number of aliphatic hydroxyl groups excluding tert-OH is 1. The highest BCUT2D eigenvalue weighted by Gasteiger charge is 1.92. The quantitative estimate of drug-likeness (QED) is 0.706. The van der Waals surface area contributed by atoms with E-state index in [4.69, 9.17) is 5.11 Å². The first-order valence-electron chi connectivity index (χ1n) is 5.67. The zero-order valence-electron chi connectivity index (χ0n) is 10.9. The first-order chi connectivity index (χ1) is 7.75. The van der Waals surface area contributed by atoms with Crippen LogP contribution in [0.1, 0.15) is 25.0 Å². The third kappa shape index (κ3) is 4.03. The first kappa shape index (κ1) is 14.7. The normalized spacial score (nSPS) is 8.62. The molecule has 0 spiro atoms. The van der Waals surface area contributed by atoms with E-state index in [1.54, 1.807) is 0 Å². The van der Waals surface area contributed by atoms with E-state index >= 15 is 0 Å². The topological polar surface area (TPSA) is 20.2 Å². The molecule has 0 unspecified atom stereocenters. The Hall–Kier alpha value is -1.34. The molecule has 0 heterocycles. The van der Waals surface area contributed by atoms with Crippen molar-refractivity contribution in [3.8, 4) is 0 Å². The summed E-state index contributed by atoms with van der Waals surface area (Å²) < 4.78 is 0. The molecule has 2 aromatic rings. The number of fused-ring (bicyclic) bond motifs is 1. The smallest absolute Gasteiger partial charge is 0.0319 e. The van der Waals surface area contributed by atoms with Crippen LogP contribution in [0.25, 0.3) is 10.8 Å². The van der Waals surface area contributed by atoms with E-state index in [1.165, 1.54) is 21.9 Å². The van der Waals surface area contributed by atoms with Gasteiger partial charge in [0.1, 0.15) is 0 Å². The number of aryl methyl sites for hydroxylation is 2. The van der Waals surface area contributed by atoms with Crippen LogP contribution in [0.2, 0.25) is 0 Å². The molecule has 0 saturated heterocycles. The van der Waals surface area contributed by atoms with Gasteiger partial charge in [-0.2, -0.15) is 0 Å². The summed E-state index contributed by atoms with van der Waals surface area (Å²) in [5.74, 6) is 0. The molecule has 2 aromatic carbocycles. The molecule has 0 aromatic heterocycles. The molecule has 16 heavy (non-hydrogen) atoms. The monoisotopic (exact) mass is 218 g/mol. The standard InChI is InChI=1S/C12H12.C2H6.CH4O/c1-9-3-5-12-8-10(2)4-6-11(12)7-9;2*1-2/h3-8H,1-2H3;1-2H3;2H,1H3. The van der Waals surface area contributed by atoms with E-state index in [-0.39, 0.29) is 0 Å². The van der Waals surface area contributed by atoms with Crippen molar-refractivity contribution in [2.75, 3.05) is 7.11 Å². The van der Waals surface area contributed by atoms with E-state index in [9.17, 15) is 0 Å². The lowest BCUT2D eigenvalue weighted by Crippen LogP contribution is -1.76. The van der Waals surface area contributed by atoms with Crippen LogP contribution in [0.4, 0.5) is 0 Å². The molecule has 0 bridgehead atoms. The van der Waals surface area contributed by atoms with Gasteiger partial charge in [0.25, 0.3) is 0 Å². The van der Waals surface area contributed by atoms with E-state index in [2.05, 4.69) is 50.2 Å². The Kier molecular flexibility index (Phi) is 7.23. The maximum atomic E-state index is 7.00. The van der Waals surface area contributed by atoms with E-state index < -0.39 is 0 Å². The Balaban J connectivity index is 0.000000509. The largest absolute Gasteiger partial charge is 0.400 e. The predicted molar refractivity (Wildman–Crippen MR) is 72.9 cm³/mol. The van der Waals surface area contributed by atoms with Crippen LogP contribution in [-0.4, -0.2) is 12.2 Å². The van der Waals surface area contributed by atoms with Gasteiger partial charge >= 0.3 is 0 Å². The lowest BCUT2D eigenvalue weighted by molar-refractivity contribution is 0.399. The molecular weight excluding hydrogens is 196 g/mol. The number of hydrogen-bond acceptors (Lipinski definition) is 1. The Morgan fingerprint density at radius 1 is 0.688 bits per heavy atom. The zero-order valence-corrected chi connectivity index (χ0v) is 10.9. The van der Waals surface area contributed by atoms with Crippen LogP contribution in [0.3, 0.4) is 0 Å². The van der Waals surface area contributed by atoms with Crippen LogP contribution in [0, 0.1) is 13.8 Å². The molecular formula is C15H22O. The van der Waals surface area contributed by atoms with Gasteiger partial charge in [0.2, 0.25) is 0 Å². The van der Waals surface area contributed by atoms with Gasteiger partial charge in [-0.15, -0.1) is 0 Å². The minimum Gasteiger partial charge on any atom is -0.400 e. The van der Waals surface area contributed by atoms with E-state index in [0.29, 0.717) is 0 Å². The summed E-state index contributed by atoms with van der Waals surface area (Å²) in [4.78, 5) is 0. The van der Waals surface area contributed by atoms with Crippen molar-refractivity contribution in [2.45, 2.75) is 27.7 Å². The van der Waals surface area contributed by atoms with E-state index in [1.807, 2.05) is 13.8 Å². The summed E-state index contributed by atoms with van der Waals surface area (Å²) in [5, 5.41) is 9.67. The predicted octanol–water partition coefficient (Wildman–Crippen LogP) is 4.09. The lowest BCUT2D eigenvalue weighted by Gasteiger charge is -1.99. The van der Waals surface area contributed by atoms with Crippen molar-refractivity contribution < 1.29 is 5.11 Å². The molecule has 0 aliphatic rings.